The van der Waals surface area contributed by atoms with Crippen LogP contribution in [0.15, 0.2) is 39.1 Å². The molecule has 110 valence electrons. The van der Waals surface area contributed by atoms with Crippen molar-refractivity contribution in [2.45, 2.75) is 4.90 Å². The van der Waals surface area contributed by atoms with Crippen molar-refractivity contribution in [3.05, 3.63) is 34.7 Å². The first-order chi connectivity index (χ1) is 10.3. The maximum atomic E-state index is 12.0. The highest BCUT2D eigenvalue weighted by Gasteiger charge is 2.26. The van der Waals surface area contributed by atoms with Gasteiger partial charge >= 0.3 is 0 Å². The van der Waals surface area contributed by atoms with Crippen molar-refractivity contribution in [2.24, 2.45) is 4.99 Å². The summed E-state index contributed by atoms with van der Waals surface area (Å²) in [6, 6.07) is 8.18. The van der Waals surface area contributed by atoms with Gasteiger partial charge in [0.2, 0.25) is 0 Å². The van der Waals surface area contributed by atoms with Crippen LogP contribution in [0, 0.1) is 0 Å². The molecule has 0 unspecified atom stereocenters. The third kappa shape index (κ3) is 3.51. The molecule has 0 bridgehead atoms. The fraction of sp³-hybridized carbons (Fsp3) is 0.333. The molecule has 3 rings (SSSR count). The van der Waals surface area contributed by atoms with Crippen molar-refractivity contribution >= 4 is 40.7 Å². The van der Waals surface area contributed by atoms with E-state index in [1.165, 1.54) is 16.7 Å². The first-order valence-corrected chi connectivity index (χ1v) is 8.80. The van der Waals surface area contributed by atoms with E-state index in [9.17, 15) is 4.79 Å². The highest BCUT2D eigenvalue weighted by molar-refractivity contribution is 8.18. The Morgan fingerprint density at radius 1 is 1.29 bits per heavy atom. The molecule has 2 heterocycles. The van der Waals surface area contributed by atoms with E-state index < -0.39 is 0 Å². The summed E-state index contributed by atoms with van der Waals surface area (Å²) in [6.45, 7) is 3.00. The number of amides is 1. The van der Waals surface area contributed by atoms with Crippen molar-refractivity contribution in [1.29, 1.82) is 0 Å². The lowest BCUT2D eigenvalue weighted by Gasteiger charge is -2.27. The van der Waals surface area contributed by atoms with Crippen LogP contribution in [-0.4, -0.2) is 48.5 Å². The maximum Gasteiger partial charge on any atom is 0.286 e. The normalized spacial score (nSPS) is 21.0. The molecule has 4 nitrogen and oxygen atoms in total. The van der Waals surface area contributed by atoms with Crippen LogP contribution in [-0.2, 0) is 9.53 Å². The molecule has 0 aliphatic carbocycles. The molecular formula is C15H16N2O2S2. The van der Waals surface area contributed by atoms with Gasteiger partial charge in [-0.15, -0.1) is 11.8 Å². The summed E-state index contributed by atoms with van der Waals surface area (Å²) in [5.41, 5.74) is 1.03. The number of hydrogen-bond acceptors (Lipinski definition) is 5. The number of nitrogens with zero attached hydrogens (tertiary/aromatic N) is 2. The molecule has 0 spiro atoms. The summed E-state index contributed by atoms with van der Waals surface area (Å²) in [7, 11) is 0. The smallest absolute Gasteiger partial charge is 0.286 e. The van der Waals surface area contributed by atoms with Gasteiger partial charge in [-0.05, 0) is 41.8 Å². The lowest BCUT2D eigenvalue weighted by molar-refractivity contribution is -0.113. The minimum atomic E-state index is -0.143. The molecule has 1 aromatic rings. The Morgan fingerprint density at radius 3 is 2.67 bits per heavy atom. The largest absolute Gasteiger partial charge is 0.378 e. The molecule has 0 aromatic heterocycles. The van der Waals surface area contributed by atoms with E-state index in [4.69, 9.17) is 4.74 Å². The molecule has 2 aliphatic heterocycles. The number of ether oxygens (including phenoxy) is 1. The molecule has 2 aliphatic rings. The SMILES string of the molecule is CSc1ccc(/C=C2/SC(N3CCOCC3)=NC2=O)cc1. The zero-order chi connectivity index (χ0) is 14.7. The summed E-state index contributed by atoms with van der Waals surface area (Å²) in [4.78, 5) is 20.2. The Labute approximate surface area is 132 Å². The number of amidine groups is 1. The second-order valence-electron chi connectivity index (χ2n) is 4.68. The molecular weight excluding hydrogens is 304 g/mol. The lowest BCUT2D eigenvalue weighted by Crippen LogP contribution is -2.38. The van der Waals surface area contributed by atoms with Crippen LogP contribution >= 0.6 is 23.5 Å². The van der Waals surface area contributed by atoms with E-state index in [0.717, 1.165) is 23.8 Å². The Hall–Kier alpha value is -1.24. The van der Waals surface area contributed by atoms with Crippen molar-refractivity contribution < 1.29 is 9.53 Å². The van der Waals surface area contributed by atoms with E-state index in [2.05, 4.69) is 22.0 Å². The predicted molar refractivity (Wildman–Crippen MR) is 88.6 cm³/mol. The number of carbonyl (C=O) groups excluding carboxylic acids is 1. The molecule has 1 saturated heterocycles. The predicted octanol–water partition coefficient (Wildman–Crippen LogP) is 2.71. The Morgan fingerprint density at radius 2 is 2.00 bits per heavy atom. The molecule has 6 heteroatoms. The lowest BCUT2D eigenvalue weighted by atomic mass is 10.2. The average Bonchev–Trinajstić information content (AvgIpc) is 2.90. The van der Waals surface area contributed by atoms with E-state index in [0.29, 0.717) is 18.1 Å². The van der Waals surface area contributed by atoms with Gasteiger partial charge in [0.1, 0.15) is 0 Å². The number of aliphatic imine (C=N–C) groups is 1. The summed E-state index contributed by atoms with van der Waals surface area (Å²) in [5, 5.41) is 0.801. The van der Waals surface area contributed by atoms with Gasteiger partial charge < -0.3 is 9.64 Å². The zero-order valence-electron chi connectivity index (χ0n) is 11.7. The topological polar surface area (TPSA) is 41.9 Å². The van der Waals surface area contributed by atoms with Crippen LogP contribution in [0.3, 0.4) is 0 Å². The van der Waals surface area contributed by atoms with Crippen LogP contribution in [0.1, 0.15) is 5.56 Å². The molecule has 1 aromatic carbocycles. The average molecular weight is 320 g/mol. The maximum absolute atomic E-state index is 12.0. The summed E-state index contributed by atoms with van der Waals surface area (Å²) in [6.07, 6.45) is 3.96. The van der Waals surface area contributed by atoms with Crippen molar-refractivity contribution in [1.82, 2.24) is 4.90 Å². The highest BCUT2D eigenvalue weighted by Crippen LogP contribution is 2.30. The molecule has 0 atom stereocenters. The van der Waals surface area contributed by atoms with Crippen LogP contribution in [0.25, 0.3) is 6.08 Å². The van der Waals surface area contributed by atoms with Gasteiger partial charge in [0.25, 0.3) is 5.91 Å². The van der Waals surface area contributed by atoms with Gasteiger partial charge in [-0.3, -0.25) is 4.79 Å². The second-order valence-corrected chi connectivity index (χ2v) is 6.57. The number of rotatable bonds is 2. The molecule has 21 heavy (non-hydrogen) atoms. The fourth-order valence-electron chi connectivity index (χ4n) is 2.14. The fourth-order valence-corrected chi connectivity index (χ4v) is 3.51. The second kappa shape index (κ2) is 6.68. The van der Waals surface area contributed by atoms with Gasteiger partial charge in [0.05, 0.1) is 18.1 Å². The van der Waals surface area contributed by atoms with Crippen molar-refractivity contribution in [3.63, 3.8) is 0 Å². The van der Waals surface area contributed by atoms with E-state index in [-0.39, 0.29) is 5.91 Å². The van der Waals surface area contributed by atoms with Crippen molar-refractivity contribution in [2.75, 3.05) is 32.6 Å². The first-order valence-electron chi connectivity index (χ1n) is 6.75. The number of carbonyl (C=O) groups is 1. The van der Waals surface area contributed by atoms with Gasteiger partial charge in [0.15, 0.2) is 5.17 Å². The monoisotopic (exact) mass is 320 g/mol. The number of hydrogen-bond donors (Lipinski definition) is 0. The van der Waals surface area contributed by atoms with Crippen molar-refractivity contribution in [3.8, 4) is 0 Å². The molecule has 1 amide bonds. The Bertz CT molecular complexity index is 590. The molecule has 0 radical (unpaired) electrons. The number of morpholine rings is 1. The third-order valence-corrected chi connectivity index (χ3v) is 5.09. The summed E-state index contributed by atoms with van der Waals surface area (Å²) >= 11 is 3.16. The minimum absolute atomic E-state index is 0.143. The van der Waals surface area contributed by atoms with Crippen LogP contribution in [0.5, 0.6) is 0 Å². The van der Waals surface area contributed by atoms with Gasteiger partial charge in [-0.1, -0.05) is 12.1 Å². The molecule has 0 N–H and O–H groups in total. The Kier molecular flexibility index (Phi) is 4.67. The summed E-state index contributed by atoms with van der Waals surface area (Å²) in [5.74, 6) is -0.143. The zero-order valence-corrected chi connectivity index (χ0v) is 13.4. The number of benzene rings is 1. The van der Waals surface area contributed by atoms with E-state index in [1.807, 2.05) is 24.5 Å². The Balaban J connectivity index is 1.72. The highest BCUT2D eigenvalue weighted by atomic mass is 32.2. The van der Waals surface area contributed by atoms with Crippen LogP contribution < -0.4 is 0 Å². The quantitative estimate of drug-likeness (QED) is 0.619. The first kappa shape index (κ1) is 14.7. The standard InChI is InChI=1S/C15H16N2O2S2/c1-20-12-4-2-11(3-5-12)10-13-14(18)16-15(21-13)17-6-8-19-9-7-17/h2-5,10H,6-9H2,1H3/b13-10+. The van der Waals surface area contributed by atoms with E-state index in [1.54, 1.807) is 11.8 Å². The van der Waals surface area contributed by atoms with Crippen LogP contribution in [0.2, 0.25) is 0 Å². The van der Waals surface area contributed by atoms with E-state index >= 15 is 0 Å². The summed E-state index contributed by atoms with van der Waals surface area (Å²) < 4.78 is 5.32. The number of thioether (sulfide) groups is 2. The van der Waals surface area contributed by atoms with Gasteiger partial charge in [-0.25, -0.2) is 0 Å². The van der Waals surface area contributed by atoms with Gasteiger partial charge in [-0.2, -0.15) is 4.99 Å². The molecule has 0 saturated carbocycles. The van der Waals surface area contributed by atoms with Crippen LogP contribution in [0.4, 0.5) is 0 Å². The molecule has 1 fully saturated rings. The third-order valence-electron chi connectivity index (χ3n) is 3.30. The minimum Gasteiger partial charge on any atom is -0.378 e. The van der Waals surface area contributed by atoms with Gasteiger partial charge in [0, 0.05) is 18.0 Å².